The van der Waals surface area contributed by atoms with Crippen molar-refractivity contribution >= 4 is 59.6 Å². The van der Waals surface area contributed by atoms with Crippen molar-refractivity contribution in [3.63, 3.8) is 0 Å². The molecule has 3 heterocycles. The molecule has 192 valence electrons. The van der Waals surface area contributed by atoms with Crippen molar-refractivity contribution < 1.29 is 9.59 Å². The zero-order valence-corrected chi connectivity index (χ0v) is 25.4. The summed E-state index contributed by atoms with van der Waals surface area (Å²) >= 11 is 11.2. The molecule has 2 saturated heterocycles. The van der Waals surface area contributed by atoms with Gasteiger partial charge in [0.25, 0.3) is 0 Å². The molecule has 2 aliphatic heterocycles. The number of pyridine rings is 1. The number of benzene rings is 1. The normalized spacial score (nSPS) is 21.1. The van der Waals surface area contributed by atoms with E-state index in [1.807, 2.05) is 11.1 Å². The number of piperidine rings is 2. The lowest BCUT2D eigenvalue weighted by Crippen LogP contribution is -2.42. The Kier molecular flexibility index (Phi) is 8.23. The van der Waals surface area contributed by atoms with E-state index in [9.17, 15) is 9.59 Å². The minimum absolute atomic E-state index is 0.143. The number of hydrogen-bond acceptors (Lipinski definition) is 3. The molecule has 5 nitrogen and oxygen atoms in total. The Hall–Kier alpha value is -1.25. The first-order valence-electron chi connectivity index (χ1n) is 13.0. The summed E-state index contributed by atoms with van der Waals surface area (Å²) < 4.78 is 3.27. The van der Waals surface area contributed by atoms with E-state index in [1.54, 1.807) is 6.92 Å². The Morgan fingerprint density at radius 2 is 1.53 bits per heavy atom. The highest BCUT2D eigenvalue weighted by Gasteiger charge is 2.36. The number of aromatic nitrogens is 1. The summed E-state index contributed by atoms with van der Waals surface area (Å²) in [4.78, 5) is 33.7. The van der Waals surface area contributed by atoms with E-state index in [0.717, 1.165) is 78.1 Å². The quantitative estimate of drug-likeness (QED) is 0.373. The summed E-state index contributed by atoms with van der Waals surface area (Å²) in [6.07, 6.45) is 8.35. The summed E-state index contributed by atoms with van der Waals surface area (Å²) in [7, 11) is 0. The number of rotatable bonds is 3. The van der Waals surface area contributed by atoms with Gasteiger partial charge < -0.3 is 9.80 Å². The van der Waals surface area contributed by atoms with Crippen LogP contribution >= 0.6 is 47.8 Å². The Balaban J connectivity index is 1.31. The van der Waals surface area contributed by atoms with E-state index in [-0.39, 0.29) is 17.7 Å². The fraction of sp³-hybridized carbons (Fsp3) is 0.536. The van der Waals surface area contributed by atoms with E-state index >= 15 is 0 Å². The van der Waals surface area contributed by atoms with Crippen LogP contribution < -0.4 is 0 Å². The van der Waals surface area contributed by atoms with Crippen molar-refractivity contribution in [3.05, 3.63) is 60.2 Å². The third-order valence-electron chi connectivity index (χ3n) is 8.30. The van der Waals surface area contributed by atoms with Gasteiger partial charge in [-0.3, -0.25) is 14.6 Å². The van der Waals surface area contributed by atoms with Crippen molar-refractivity contribution in [2.24, 2.45) is 11.8 Å². The number of likely N-dealkylation sites (tertiary alicyclic amines) is 2. The largest absolute Gasteiger partial charge is 0.343 e. The van der Waals surface area contributed by atoms with E-state index in [0.29, 0.717) is 18.3 Å². The molecule has 2 fully saturated rings. The van der Waals surface area contributed by atoms with Gasteiger partial charge in [0.15, 0.2) is 0 Å². The lowest BCUT2D eigenvalue weighted by Gasteiger charge is -2.38. The molecule has 2 amide bonds. The highest BCUT2D eigenvalue weighted by atomic mass is 79.9. The van der Waals surface area contributed by atoms with Crippen molar-refractivity contribution in [1.82, 2.24) is 14.8 Å². The summed E-state index contributed by atoms with van der Waals surface area (Å²) in [5.41, 5.74) is 5.27. The number of fused-ring (bicyclic) bond motifs is 2. The predicted octanol–water partition coefficient (Wildman–Crippen LogP) is 6.49. The van der Waals surface area contributed by atoms with Crippen LogP contribution in [-0.4, -0.2) is 52.8 Å². The summed E-state index contributed by atoms with van der Waals surface area (Å²) in [5.74, 6) is 1.48. The first-order valence-corrected chi connectivity index (χ1v) is 15.3. The van der Waals surface area contributed by atoms with Crippen LogP contribution in [0.2, 0.25) is 0 Å². The number of halogens is 3. The molecule has 1 unspecified atom stereocenters. The fourth-order valence-electron chi connectivity index (χ4n) is 6.34. The Bertz CT molecular complexity index is 1150. The van der Waals surface area contributed by atoms with E-state index in [1.165, 1.54) is 22.4 Å². The van der Waals surface area contributed by atoms with Gasteiger partial charge in [-0.05, 0) is 101 Å². The maximum atomic E-state index is 13.2. The summed E-state index contributed by atoms with van der Waals surface area (Å²) in [6.45, 7) is 4.81. The van der Waals surface area contributed by atoms with Gasteiger partial charge in [0, 0.05) is 65.1 Å². The Labute approximate surface area is 238 Å². The molecule has 0 spiro atoms. The second-order valence-electron chi connectivity index (χ2n) is 10.5. The molecule has 0 radical (unpaired) electrons. The number of hydrogen-bond donors (Lipinski definition) is 0. The van der Waals surface area contributed by atoms with Gasteiger partial charge in [-0.25, -0.2) is 0 Å². The molecule has 5 rings (SSSR count). The summed E-state index contributed by atoms with van der Waals surface area (Å²) in [5, 5.41) is 0. The van der Waals surface area contributed by atoms with Gasteiger partial charge in [-0.2, -0.15) is 0 Å². The van der Waals surface area contributed by atoms with Gasteiger partial charge in [0.1, 0.15) is 0 Å². The molecule has 1 atom stereocenters. The maximum Gasteiger partial charge on any atom is 0.222 e. The van der Waals surface area contributed by atoms with E-state index < -0.39 is 0 Å². The summed E-state index contributed by atoms with van der Waals surface area (Å²) in [6, 6.07) is 6.66. The molecule has 1 aromatic heterocycles. The molecule has 1 aromatic carbocycles. The Morgan fingerprint density at radius 1 is 0.889 bits per heavy atom. The molecule has 2 aromatic rings. The zero-order valence-electron chi connectivity index (χ0n) is 20.6. The average molecular weight is 682 g/mol. The lowest BCUT2D eigenvalue weighted by molar-refractivity contribution is -0.134. The molecule has 3 aliphatic rings. The zero-order chi connectivity index (χ0) is 25.4. The SMILES string of the molecule is CC(=O)N1CCC(CC(=O)N2CCC(C3c4ncc(Br)cc4CCc4cc(Br)cc(Br)c43)CC2)CC1. The van der Waals surface area contributed by atoms with Gasteiger partial charge in [0.2, 0.25) is 11.8 Å². The molecule has 8 heteroatoms. The van der Waals surface area contributed by atoms with Crippen molar-refractivity contribution in [3.8, 4) is 0 Å². The van der Waals surface area contributed by atoms with Crippen LogP contribution in [-0.2, 0) is 22.4 Å². The molecular formula is C28H32Br3N3O2. The van der Waals surface area contributed by atoms with Gasteiger partial charge in [-0.15, -0.1) is 0 Å². The standard InChI is InChI=1S/C28H32Br3N3O2/c1-17(35)33-8-4-18(5-9-33)12-25(36)34-10-6-19(7-11-34)27-26-20(13-22(29)15-24(26)31)2-3-21-14-23(30)16-32-28(21)27/h13-16,18-19,27H,2-12H2,1H3. The van der Waals surface area contributed by atoms with Crippen LogP contribution in [0, 0.1) is 11.8 Å². The van der Waals surface area contributed by atoms with Gasteiger partial charge >= 0.3 is 0 Å². The first kappa shape index (κ1) is 26.4. The third-order valence-corrected chi connectivity index (χ3v) is 9.85. The average Bonchev–Trinajstić information content (AvgIpc) is 3.01. The monoisotopic (exact) mass is 679 g/mol. The predicted molar refractivity (Wildman–Crippen MR) is 152 cm³/mol. The van der Waals surface area contributed by atoms with Crippen LogP contribution in [0.4, 0.5) is 0 Å². The molecule has 0 N–H and O–H groups in total. The highest BCUT2D eigenvalue weighted by molar-refractivity contribution is 9.11. The van der Waals surface area contributed by atoms with Gasteiger partial charge in [-0.1, -0.05) is 31.9 Å². The second-order valence-corrected chi connectivity index (χ2v) is 13.2. The van der Waals surface area contributed by atoms with Crippen LogP contribution in [0.25, 0.3) is 0 Å². The van der Waals surface area contributed by atoms with Crippen LogP contribution in [0.5, 0.6) is 0 Å². The maximum absolute atomic E-state index is 13.2. The van der Waals surface area contributed by atoms with Crippen LogP contribution in [0.15, 0.2) is 37.8 Å². The van der Waals surface area contributed by atoms with Crippen molar-refractivity contribution in [2.45, 2.75) is 57.8 Å². The molecule has 1 aliphatic carbocycles. The molecule has 0 bridgehead atoms. The molecular weight excluding hydrogens is 650 g/mol. The van der Waals surface area contributed by atoms with Crippen LogP contribution in [0.1, 0.15) is 67.3 Å². The van der Waals surface area contributed by atoms with E-state index in [2.05, 4.69) is 70.9 Å². The van der Waals surface area contributed by atoms with Crippen molar-refractivity contribution in [2.75, 3.05) is 26.2 Å². The second kappa shape index (κ2) is 11.2. The number of amides is 2. The smallest absolute Gasteiger partial charge is 0.222 e. The lowest BCUT2D eigenvalue weighted by atomic mass is 9.76. The topological polar surface area (TPSA) is 53.5 Å². The minimum Gasteiger partial charge on any atom is -0.343 e. The fourth-order valence-corrected chi connectivity index (χ4v) is 8.28. The van der Waals surface area contributed by atoms with Crippen LogP contribution in [0.3, 0.4) is 0 Å². The minimum atomic E-state index is 0.143. The number of aryl methyl sites for hydroxylation is 2. The highest BCUT2D eigenvalue weighted by Crippen LogP contribution is 2.46. The molecule has 0 saturated carbocycles. The van der Waals surface area contributed by atoms with Gasteiger partial charge in [0.05, 0.1) is 5.69 Å². The Morgan fingerprint density at radius 3 is 2.22 bits per heavy atom. The van der Waals surface area contributed by atoms with E-state index in [4.69, 9.17) is 4.98 Å². The number of carbonyl (C=O) groups excluding carboxylic acids is 2. The van der Waals surface area contributed by atoms with Crippen molar-refractivity contribution in [1.29, 1.82) is 0 Å². The number of carbonyl (C=O) groups is 2. The molecule has 36 heavy (non-hydrogen) atoms. The first-order chi connectivity index (χ1) is 17.3. The third kappa shape index (κ3) is 5.60. The number of nitrogens with zero attached hydrogens (tertiary/aromatic N) is 3.